The van der Waals surface area contributed by atoms with Crippen LogP contribution in [0.4, 0.5) is 5.13 Å². The monoisotopic (exact) mass is 349 g/mol. The molecule has 1 aliphatic rings. The molecule has 0 bridgehead atoms. The van der Waals surface area contributed by atoms with Gasteiger partial charge >= 0.3 is 0 Å². The normalized spacial score (nSPS) is 18.2. The number of carbonyl (C=O) groups is 1. The zero-order chi connectivity index (χ0) is 16.1. The molecule has 2 aromatic rings. The van der Waals surface area contributed by atoms with Gasteiger partial charge in [-0.25, -0.2) is 0 Å². The summed E-state index contributed by atoms with van der Waals surface area (Å²) in [7, 11) is 0. The van der Waals surface area contributed by atoms with E-state index in [9.17, 15) is 4.79 Å². The van der Waals surface area contributed by atoms with Gasteiger partial charge in [-0.3, -0.25) is 20.0 Å². The van der Waals surface area contributed by atoms with Crippen LogP contribution in [0.3, 0.4) is 0 Å². The predicted octanol–water partition coefficient (Wildman–Crippen LogP) is 2.82. The van der Waals surface area contributed by atoms with Crippen molar-refractivity contribution < 1.29 is 4.79 Å². The maximum Gasteiger partial charge on any atom is 0.240 e. The number of carbonyl (C=O) groups excluding carboxylic acids is 1. The van der Waals surface area contributed by atoms with Crippen LogP contribution < -0.4 is 5.32 Å². The van der Waals surface area contributed by atoms with E-state index in [-0.39, 0.29) is 11.9 Å². The summed E-state index contributed by atoms with van der Waals surface area (Å²) in [5.41, 5.74) is 1.04. The van der Waals surface area contributed by atoms with Crippen molar-refractivity contribution in [2.45, 2.75) is 30.1 Å². The standard InChI is InChI=1S/C15H19N5OS2/c1-2-22-15-19-18-14(23-15)17-13(21)10-20-9-5-7-12(20)11-6-3-4-8-16-11/h3-4,6,8,12H,2,5,7,9-10H2,1H3,(H,17,18,21)/t12-/m0/s1. The number of pyridine rings is 1. The van der Waals surface area contributed by atoms with Crippen molar-refractivity contribution in [1.29, 1.82) is 0 Å². The first-order valence-electron chi connectivity index (χ1n) is 7.67. The van der Waals surface area contributed by atoms with Crippen LogP contribution in [-0.2, 0) is 4.79 Å². The molecule has 3 heterocycles. The highest BCUT2D eigenvalue weighted by Crippen LogP contribution is 2.30. The van der Waals surface area contributed by atoms with Gasteiger partial charge in [-0.1, -0.05) is 36.1 Å². The molecule has 0 unspecified atom stereocenters. The summed E-state index contributed by atoms with van der Waals surface area (Å²) >= 11 is 3.05. The summed E-state index contributed by atoms with van der Waals surface area (Å²) < 4.78 is 0.885. The quantitative estimate of drug-likeness (QED) is 0.639. The van der Waals surface area contributed by atoms with Gasteiger partial charge < -0.3 is 0 Å². The number of amides is 1. The van der Waals surface area contributed by atoms with Gasteiger partial charge in [0.15, 0.2) is 4.34 Å². The minimum atomic E-state index is -0.0444. The third-order valence-electron chi connectivity index (χ3n) is 3.66. The minimum Gasteiger partial charge on any atom is -0.299 e. The summed E-state index contributed by atoms with van der Waals surface area (Å²) in [6.07, 6.45) is 3.94. The summed E-state index contributed by atoms with van der Waals surface area (Å²) in [5.74, 6) is 0.902. The van der Waals surface area contributed by atoms with Crippen molar-refractivity contribution in [3.8, 4) is 0 Å². The summed E-state index contributed by atoms with van der Waals surface area (Å²) in [6, 6.07) is 6.16. The van der Waals surface area contributed by atoms with E-state index in [2.05, 4.69) is 32.3 Å². The van der Waals surface area contributed by atoms with Gasteiger partial charge in [0.1, 0.15) is 0 Å². The van der Waals surface area contributed by atoms with Crippen LogP contribution in [0.5, 0.6) is 0 Å². The molecule has 1 aliphatic heterocycles. The molecule has 2 aromatic heterocycles. The Morgan fingerprint density at radius 2 is 2.39 bits per heavy atom. The van der Waals surface area contributed by atoms with Crippen LogP contribution in [-0.4, -0.2) is 44.8 Å². The third kappa shape index (κ3) is 4.27. The van der Waals surface area contributed by atoms with Crippen LogP contribution in [0.25, 0.3) is 0 Å². The van der Waals surface area contributed by atoms with E-state index in [4.69, 9.17) is 0 Å². The van der Waals surface area contributed by atoms with Gasteiger partial charge in [-0.2, -0.15) is 0 Å². The molecule has 1 N–H and O–H groups in total. The zero-order valence-corrected chi connectivity index (χ0v) is 14.6. The molecule has 0 aliphatic carbocycles. The number of nitrogens with zero attached hydrogens (tertiary/aromatic N) is 4. The molecule has 6 nitrogen and oxygen atoms in total. The summed E-state index contributed by atoms with van der Waals surface area (Å²) in [6.45, 7) is 3.34. The van der Waals surface area contributed by atoms with Gasteiger partial charge in [0, 0.05) is 6.20 Å². The average Bonchev–Trinajstić information content (AvgIpc) is 3.18. The molecule has 0 radical (unpaired) electrons. The molecule has 0 aromatic carbocycles. The minimum absolute atomic E-state index is 0.0444. The SMILES string of the molecule is CCSc1nnc(NC(=O)CN2CCC[C@H]2c2ccccn2)s1. The van der Waals surface area contributed by atoms with Crippen LogP contribution in [0.15, 0.2) is 28.7 Å². The molecular formula is C15H19N5OS2. The molecule has 3 rings (SSSR count). The molecular weight excluding hydrogens is 330 g/mol. The fraction of sp³-hybridized carbons (Fsp3) is 0.467. The van der Waals surface area contributed by atoms with Crippen LogP contribution in [0, 0.1) is 0 Å². The topological polar surface area (TPSA) is 71.0 Å². The molecule has 8 heteroatoms. The van der Waals surface area contributed by atoms with E-state index >= 15 is 0 Å². The first-order chi connectivity index (χ1) is 11.3. The highest BCUT2D eigenvalue weighted by molar-refractivity contribution is 8.01. The van der Waals surface area contributed by atoms with E-state index in [1.807, 2.05) is 18.2 Å². The molecule has 1 amide bonds. The average molecular weight is 349 g/mol. The fourth-order valence-corrected chi connectivity index (χ4v) is 4.37. The Bertz CT molecular complexity index is 648. The van der Waals surface area contributed by atoms with Crippen LogP contribution >= 0.6 is 23.1 Å². The van der Waals surface area contributed by atoms with Gasteiger partial charge in [-0.05, 0) is 37.3 Å². The number of hydrogen-bond acceptors (Lipinski definition) is 7. The molecule has 1 saturated heterocycles. The number of rotatable bonds is 6. The molecule has 0 spiro atoms. The number of likely N-dealkylation sites (tertiary alicyclic amines) is 1. The molecule has 0 saturated carbocycles. The van der Waals surface area contributed by atoms with E-state index in [1.54, 1.807) is 18.0 Å². The Hall–Kier alpha value is -1.51. The maximum atomic E-state index is 12.3. The summed E-state index contributed by atoms with van der Waals surface area (Å²) in [5, 5.41) is 11.5. The van der Waals surface area contributed by atoms with Crippen molar-refractivity contribution >= 4 is 34.1 Å². The number of thioether (sulfide) groups is 1. The van der Waals surface area contributed by atoms with Crippen LogP contribution in [0.1, 0.15) is 31.5 Å². The van der Waals surface area contributed by atoms with Crippen molar-refractivity contribution in [1.82, 2.24) is 20.1 Å². The number of nitrogens with one attached hydrogen (secondary N) is 1. The molecule has 122 valence electrons. The molecule has 1 fully saturated rings. The zero-order valence-electron chi connectivity index (χ0n) is 12.9. The van der Waals surface area contributed by atoms with Gasteiger partial charge in [0.2, 0.25) is 11.0 Å². The number of aromatic nitrogens is 3. The maximum absolute atomic E-state index is 12.3. The Labute approximate surface area is 143 Å². The lowest BCUT2D eigenvalue weighted by Crippen LogP contribution is -2.33. The Morgan fingerprint density at radius 3 is 3.17 bits per heavy atom. The molecule has 23 heavy (non-hydrogen) atoms. The van der Waals surface area contributed by atoms with Gasteiger partial charge in [-0.15, -0.1) is 10.2 Å². The van der Waals surface area contributed by atoms with Crippen LogP contribution in [0.2, 0.25) is 0 Å². The van der Waals surface area contributed by atoms with Crippen molar-refractivity contribution in [2.75, 3.05) is 24.2 Å². The Morgan fingerprint density at radius 1 is 1.48 bits per heavy atom. The molecule has 1 atom stereocenters. The predicted molar refractivity (Wildman–Crippen MR) is 92.7 cm³/mol. The van der Waals surface area contributed by atoms with Gasteiger partial charge in [0.25, 0.3) is 0 Å². The second kappa shape index (κ2) is 7.85. The third-order valence-corrected chi connectivity index (χ3v) is 5.51. The first-order valence-corrected chi connectivity index (χ1v) is 9.47. The highest BCUT2D eigenvalue weighted by atomic mass is 32.2. The second-order valence-corrected chi connectivity index (χ2v) is 7.73. The fourth-order valence-electron chi connectivity index (χ4n) is 2.71. The Balaban J connectivity index is 1.58. The van der Waals surface area contributed by atoms with Crippen molar-refractivity contribution in [3.05, 3.63) is 30.1 Å². The van der Waals surface area contributed by atoms with E-state index in [0.717, 1.165) is 35.2 Å². The first kappa shape index (κ1) is 16.4. The van der Waals surface area contributed by atoms with E-state index in [1.165, 1.54) is 11.3 Å². The lowest BCUT2D eigenvalue weighted by atomic mass is 10.1. The smallest absolute Gasteiger partial charge is 0.240 e. The largest absolute Gasteiger partial charge is 0.299 e. The highest BCUT2D eigenvalue weighted by Gasteiger charge is 2.28. The Kier molecular flexibility index (Phi) is 5.58. The second-order valence-electron chi connectivity index (χ2n) is 5.24. The lowest BCUT2D eigenvalue weighted by molar-refractivity contribution is -0.117. The number of anilines is 1. The lowest BCUT2D eigenvalue weighted by Gasteiger charge is -2.22. The van der Waals surface area contributed by atoms with E-state index < -0.39 is 0 Å². The van der Waals surface area contributed by atoms with Crippen molar-refractivity contribution in [2.24, 2.45) is 0 Å². The number of hydrogen-bond donors (Lipinski definition) is 1. The van der Waals surface area contributed by atoms with Crippen molar-refractivity contribution in [3.63, 3.8) is 0 Å². The van der Waals surface area contributed by atoms with Gasteiger partial charge in [0.05, 0.1) is 18.3 Å². The van der Waals surface area contributed by atoms with E-state index in [0.29, 0.717) is 11.7 Å². The summed E-state index contributed by atoms with van der Waals surface area (Å²) in [4.78, 5) is 18.9.